The van der Waals surface area contributed by atoms with Crippen LogP contribution in [0.4, 0.5) is 0 Å². The van der Waals surface area contributed by atoms with Crippen LogP contribution in [0.15, 0.2) is 34.9 Å². The van der Waals surface area contributed by atoms with Crippen LogP contribution < -0.4 is 0 Å². The summed E-state index contributed by atoms with van der Waals surface area (Å²) in [7, 11) is 0. The average Bonchev–Trinajstić information content (AvgIpc) is 3.29. The van der Waals surface area contributed by atoms with Crippen LogP contribution in [0, 0.1) is 5.92 Å². The Labute approximate surface area is 147 Å². The van der Waals surface area contributed by atoms with Crippen LogP contribution in [0.1, 0.15) is 39.0 Å². The first-order valence-corrected chi connectivity index (χ1v) is 8.91. The molecule has 1 fully saturated rings. The summed E-state index contributed by atoms with van der Waals surface area (Å²) in [5.74, 6) is 1.91. The quantitative estimate of drug-likeness (QED) is 0.737. The average molecular weight is 347 g/mol. The Kier molecular flexibility index (Phi) is 5.24. The molecule has 1 saturated carbocycles. The monoisotopic (exact) mass is 346 g/mol. The Morgan fingerprint density at radius 2 is 2.12 bits per heavy atom. The van der Waals surface area contributed by atoms with Crippen molar-refractivity contribution < 1.29 is 9.21 Å². The lowest BCUT2D eigenvalue weighted by Crippen LogP contribution is -2.36. The number of amides is 1. The van der Waals surface area contributed by atoms with E-state index in [1.54, 1.807) is 6.20 Å². The molecule has 0 unspecified atom stereocenters. The van der Waals surface area contributed by atoms with Crippen LogP contribution in [0.5, 0.6) is 0 Å². The highest BCUT2D eigenvalue weighted by molar-refractivity contribution is 6.33. The maximum atomic E-state index is 12.5. The lowest BCUT2D eigenvalue weighted by Gasteiger charge is -2.24. The van der Waals surface area contributed by atoms with Gasteiger partial charge >= 0.3 is 0 Å². The third kappa shape index (κ3) is 4.18. The van der Waals surface area contributed by atoms with Crippen molar-refractivity contribution in [1.29, 1.82) is 0 Å². The second kappa shape index (κ2) is 7.39. The van der Waals surface area contributed by atoms with E-state index >= 15 is 0 Å². The molecular weight excluding hydrogens is 324 g/mol. The van der Waals surface area contributed by atoms with Gasteiger partial charge in [0.1, 0.15) is 0 Å². The zero-order valence-electron chi connectivity index (χ0n) is 14.2. The molecule has 1 amide bonds. The normalized spacial score (nSPS) is 14.2. The molecule has 1 heterocycles. The Balaban J connectivity index is 1.61. The Morgan fingerprint density at radius 3 is 2.79 bits per heavy atom. The minimum absolute atomic E-state index is 0.198. The number of aryl methyl sites for hydroxylation is 1. The smallest absolute Gasteiger partial charge is 0.223 e. The molecule has 0 saturated heterocycles. The third-order valence-electron chi connectivity index (χ3n) is 4.12. The van der Waals surface area contributed by atoms with E-state index in [-0.39, 0.29) is 5.91 Å². The molecule has 1 aromatic carbocycles. The summed E-state index contributed by atoms with van der Waals surface area (Å²) in [5.41, 5.74) is 0.823. The number of aromatic nitrogens is 1. The predicted molar refractivity (Wildman–Crippen MR) is 94.8 cm³/mol. The van der Waals surface area contributed by atoms with E-state index in [9.17, 15) is 4.79 Å². The second-order valence-electron chi connectivity index (χ2n) is 6.77. The van der Waals surface area contributed by atoms with Gasteiger partial charge in [-0.2, -0.15) is 0 Å². The van der Waals surface area contributed by atoms with Crippen molar-refractivity contribution in [3.63, 3.8) is 0 Å². The molecule has 3 rings (SSSR count). The summed E-state index contributed by atoms with van der Waals surface area (Å²) in [4.78, 5) is 18.8. The molecule has 0 aliphatic heterocycles. The highest BCUT2D eigenvalue weighted by Crippen LogP contribution is 2.30. The molecule has 4 nitrogen and oxygen atoms in total. The number of hydrogen-bond acceptors (Lipinski definition) is 3. The van der Waals surface area contributed by atoms with Gasteiger partial charge in [-0.15, -0.1) is 0 Å². The molecule has 5 heteroatoms. The Bertz CT molecular complexity index is 707. The zero-order valence-corrected chi connectivity index (χ0v) is 14.9. The van der Waals surface area contributed by atoms with Gasteiger partial charge in [-0.1, -0.05) is 37.6 Å². The van der Waals surface area contributed by atoms with Gasteiger partial charge in [0.15, 0.2) is 11.7 Å². The fourth-order valence-corrected chi connectivity index (χ4v) is 3.03. The molecule has 0 N–H and O–H groups in total. The first-order chi connectivity index (χ1) is 11.5. The fourth-order valence-electron chi connectivity index (χ4n) is 2.80. The van der Waals surface area contributed by atoms with Crippen molar-refractivity contribution in [3.05, 3.63) is 41.4 Å². The molecular formula is C19H23ClN2O2. The molecule has 1 aromatic heterocycles. The van der Waals surface area contributed by atoms with E-state index in [2.05, 4.69) is 18.8 Å². The molecule has 0 spiro atoms. The second-order valence-corrected chi connectivity index (χ2v) is 7.18. The van der Waals surface area contributed by atoms with Gasteiger partial charge in [-0.3, -0.25) is 4.79 Å². The van der Waals surface area contributed by atoms with Gasteiger partial charge in [0.25, 0.3) is 0 Å². The van der Waals surface area contributed by atoms with Crippen LogP contribution in [-0.2, 0) is 11.2 Å². The molecule has 0 bridgehead atoms. The zero-order chi connectivity index (χ0) is 17.1. The predicted octanol–water partition coefficient (Wildman–Crippen LogP) is 4.57. The van der Waals surface area contributed by atoms with Gasteiger partial charge in [-0.05, 0) is 30.9 Å². The first-order valence-electron chi connectivity index (χ1n) is 8.53. The Morgan fingerprint density at radius 1 is 1.38 bits per heavy atom. The number of hydrogen-bond donors (Lipinski definition) is 0. The maximum absolute atomic E-state index is 12.5. The summed E-state index contributed by atoms with van der Waals surface area (Å²) in [6.07, 6.45) is 4.90. The van der Waals surface area contributed by atoms with Crippen molar-refractivity contribution >= 4 is 17.5 Å². The number of carbonyl (C=O) groups excluding carboxylic acids is 1. The van der Waals surface area contributed by atoms with Gasteiger partial charge in [0.05, 0.1) is 11.2 Å². The summed E-state index contributed by atoms with van der Waals surface area (Å²) in [5, 5.41) is 0.633. The maximum Gasteiger partial charge on any atom is 0.223 e. The van der Waals surface area contributed by atoms with E-state index in [1.165, 1.54) is 0 Å². The fraction of sp³-hybridized carbons (Fsp3) is 0.474. The highest BCUT2D eigenvalue weighted by atomic mass is 35.5. The van der Waals surface area contributed by atoms with Crippen LogP contribution >= 0.6 is 11.6 Å². The van der Waals surface area contributed by atoms with Crippen molar-refractivity contribution in [2.45, 2.75) is 45.6 Å². The largest absolute Gasteiger partial charge is 0.441 e. The summed E-state index contributed by atoms with van der Waals surface area (Å²) >= 11 is 6.18. The lowest BCUT2D eigenvalue weighted by atomic mass is 10.2. The van der Waals surface area contributed by atoms with Crippen LogP contribution in [0.2, 0.25) is 5.02 Å². The molecule has 1 aliphatic carbocycles. The lowest BCUT2D eigenvalue weighted by molar-refractivity contribution is -0.132. The molecule has 0 atom stereocenters. The van der Waals surface area contributed by atoms with E-state index in [1.807, 2.05) is 29.2 Å². The Hall–Kier alpha value is -1.81. The van der Waals surface area contributed by atoms with Gasteiger partial charge in [0.2, 0.25) is 5.91 Å². The molecule has 128 valence electrons. The highest BCUT2D eigenvalue weighted by Gasteiger charge is 2.32. The minimum atomic E-state index is 0.198. The number of nitrogens with zero attached hydrogens (tertiary/aromatic N) is 2. The van der Waals surface area contributed by atoms with E-state index in [4.69, 9.17) is 16.0 Å². The van der Waals surface area contributed by atoms with Crippen molar-refractivity contribution in [2.24, 2.45) is 5.92 Å². The van der Waals surface area contributed by atoms with Crippen LogP contribution in [0.25, 0.3) is 11.3 Å². The molecule has 2 aromatic rings. The van der Waals surface area contributed by atoms with Crippen LogP contribution in [-0.4, -0.2) is 28.4 Å². The molecule has 24 heavy (non-hydrogen) atoms. The van der Waals surface area contributed by atoms with E-state index < -0.39 is 0 Å². The van der Waals surface area contributed by atoms with Gasteiger partial charge in [-0.25, -0.2) is 4.98 Å². The van der Waals surface area contributed by atoms with E-state index in [0.717, 1.165) is 24.9 Å². The number of oxazole rings is 1. The number of halogens is 1. The topological polar surface area (TPSA) is 46.3 Å². The van der Waals surface area contributed by atoms with Crippen molar-refractivity contribution in [1.82, 2.24) is 9.88 Å². The van der Waals surface area contributed by atoms with Crippen molar-refractivity contribution in [3.8, 4) is 11.3 Å². The standard InChI is InChI=1S/C19H23ClN2O2/c1-13(2)12-22(14-7-8-14)19(23)10-9-18-21-11-17(24-18)15-5-3-4-6-16(15)20/h3-6,11,13-14H,7-10,12H2,1-2H3. The number of carbonyl (C=O) groups is 1. The molecule has 1 aliphatic rings. The van der Waals surface area contributed by atoms with Gasteiger partial charge in [0, 0.05) is 31.0 Å². The summed E-state index contributed by atoms with van der Waals surface area (Å²) < 4.78 is 5.77. The van der Waals surface area contributed by atoms with Gasteiger partial charge < -0.3 is 9.32 Å². The molecule has 0 radical (unpaired) electrons. The van der Waals surface area contributed by atoms with Crippen LogP contribution in [0.3, 0.4) is 0 Å². The van der Waals surface area contributed by atoms with E-state index in [0.29, 0.717) is 41.5 Å². The first kappa shape index (κ1) is 17.0. The number of benzene rings is 1. The minimum Gasteiger partial charge on any atom is -0.441 e. The summed E-state index contributed by atoms with van der Waals surface area (Å²) in [6, 6.07) is 7.95. The number of rotatable bonds is 7. The SMILES string of the molecule is CC(C)CN(C(=O)CCc1ncc(-c2ccccc2Cl)o1)C1CC1. The van der Waals surface area contributed by atoms with Crippen molar-refractivity contribution in [2.75, 3.05) is 6.54 Å². The third-order valence-corrected chi connectivity index (χ3v) is 4.45. The summed E-state index contributed by atoms with van der Waals surface area (Å²) in [6.45, 7) is 5.12.